The summed E-state index contributed by atoms with van der Waals surface area (Å²) in [5.41, 5.74) is 7.18. The van der Waals surface area contributed by atoms with Gasteiger partial charge in [0, 0.05) is 18.3 Å². The molecule has 0 spiro atoms. The Morgan fingerprint density at radius 2 is 2.18 bits per heavy atom. The molecule has 1 aromatic heterocycles. The lowest BCUT2D eigenvalue weighted by molar-refractivity contribution is -0.156. The number of aromatic nitrogens is 1. The van der Waals surface area contributed by atoms with E-state index >= 15 is 0 Å². The number of nitrogens with zero attached hydrogens (tertiary/aromatic N) is 1. The average Bonchev–Trinajstić information content (AvgIpc) is 2.18. The SMILES string of the molecule is Cc1cccnc1C[C@H](N)C(=O)OC(C)(C)C. The molecule has 0 amide bonds. The lowest BCUT2D eigenvalue weighted by Crippen LogP contribution is -2.39. The van der Waals surface area contributed by atoms with E-state index < -0.39 is 11.6 Å². The van der Waals surface area contributed by atoms with E-state index in [2.05, 4.69) is 4.98 Å². The summed E-state index contributed by atoms with van der Waals surface area (Å²) in [5, 5.41) is 0. The van der Waals surface area contributed by atoms with Crippen LogP contribution in [0.1, 0.15) is 32.0 Å². The van der Waals surface area contributed by atoms with Gasteiger partial charge in [-0.05, 0) is 39.3 Å². The second kappa shape index (κ2) is 5.27. The second-order valence-electron chi connectivity index (χ2n) is 5.11. The van der Waals surface area contributed by atoms with Crippen LogP contribution in [-0.2, 0) is 16.0 Å². The Morgan fingerprint density at radius 3 is 2.71 bits per heavy atom. The van der Waals surface area contributed by atoms with Crippen molar-refractivity contribution in [2.75, 3.05) is 0 Å². The second-order valence-corrected chi connectivity index (χ2v) is 5.11. The maximum atomic E-state index is 11.7. The minimum Gasteiger partial charge on any atom is -0.459 e. The summed E-state index contributed by atoms with van der Waals surface area (Å²) in [6, 6.07) is 3.14. The number of rotatable bonds is 3. The minimum absolute atomic E-state index is 0.387. The molecular weight excluding hydrogens is 216 g/mol. The minimum atomic E-state index is -0.664. The van der Waals surface area contributed by atoms with Gasteiger partial charge in [0.25, 0.3) is 0 Å². The first kappa shape index (κ1) is 13.6. The van der Waals surface area contributed by atoms with E-state index in [9.17, 15) is 4.79 Å². The highest BCUT2D eigenvalue weighted by molar-refractivity contribution is 5.76. The zero-order valence-corrected chi connectivity index (χ0v) is 10.9. The predicted octanol–water partition coefficient (Wildman–Crippen LogP) is 1.60. The van der Waals surface area contributed by atoms with Crippen LogP contribution in [0.15, 0.2) is 18.3 Å². The van der Waals surface area contributed by atoms with Gasteiger partial charge in [0.2, 0.25) is 0 Å². The molecule has 0 aromatic carbocycles. The molecule has 0 aliphatic carbocycles. The Bertz CT molecular complexity index is 397. The van der Waals surface area contributed by atoms with Gasteiger partial charge in [-0.25, -0.2) is 0 Å². The molecule has 4 nitrogen and oxygen atoms in total. The molecule has 1 heterocycles. The Morgan fingerprint density at radius 1 is 1.53 bits per heavy atom. The maximum Gasteiger partial charge on any atom is 0.323 e. The first-order valence-corrected chi connectivity index (χ1v) is 5.68. The fraction of sp³-hybridized carbons (Fsp3) is 0.538. The van der Waals surface area contributed by atoms with E-state index in [0.717, 1.165) is 11.3 Å². The van der Waals surface area contributed by atoms with Gasteiger partial charge in [-0.2, -0.15) is 0 Å². The van der Waals surface area contributed by atoms with Crippen LogP contribution in [0.25, 0.3) is 0 Å². The lowest BCUT2D eigenvalue weighted by atomic mass is 10.1. The van der Waals surface area contributed by atoms with Crippen molar-refractivity contribution >= 4 is 5.97 Å². The smallest absolute Gasteiger partial charge is 0.323 e. The zero-order valence-electron chi connectivity index (χ0n) is 10.9. The molecule has 0 fully saturated rings. The van der Waals surface area contributed by atoms with E-state index in [4.69, 9.17) is 10.5 Å². The first-order valence-electron chi connectivity index (χ1n) is 5.68. The molecule has 1 atom stereocenters. The van der Waals surface area contributed by atoms with Crippen molar-refractivity contribution in [2.24, 2.45) is 5.73 Å². The topological polar surface area (TPSA) is 65.2 Å². The molecule has 0 radical (unpaired) electrons. The van der Waals surface area contributed by atoms with Crippen molar-refractivity contribution in [3.63, 3.8) is 0 Å². The summed E-state index contributed by atoms with van der Waals surface area (Å²) in [6.45, 7) is 7.42. The normalized spacial score (nSPS) is 13.2. The fourth-order valence-corrected chi connectivity index (χ4v) is 1.40. The van der Waals surface area contributed by atoms with Crippen LogP contribution in [-0.4, -0.2) is 22.6 Å². The number of esters is 1. The van der Waals surface area contributed by atoms with Crippen LogP contribution in [0.4, 0.5) is 0 Å². The molecule has 0 saturated heterocycles. The summed E-state index contributed by atoms with van der Waals surface area (Å²) in [4.78, 5) is 15.9. The molecule has 0 bridgehead atoms. The van der Waals surface area contributed by atoms with E-state index in [-0.39, 0.29) is 5.97 Å². The summed E-state index contributed by atoms with van der Waals surface area (Å²) in [7, 11) is 0. The Hall–Kier alpha value is -1.42. The maximum absolute atomic E-state index is 11.7. The van der Waals surface area contributed by atoms with Crippen LogP contribution >= 0.6 is 0 Å². The summed E-state index contributed by atoms with van der Waals surface area (Å²) < 4.78 is 5.22. The van der Waals surface area contributed by atoms with Gasteiger partial charge in [-0.3, -0.25) is 9.78 Å². The monoisotopic (exact) mass is 236 g/mol. The van der Waals surface area contributed by atoms with Crippen LogP contribution in [0, 0.1) is 6.92 Å². The van der Waals surface area contributed by atoms with Crippen LogP contribution in [0.2, 0.25) is 0 Å². The first-order chi connectivity index (χ1) is 7.79. The Balaban J connectivity index is 2.64. The number of ether oxygens (including phenoxy) is 1. The third-order valence-electron chi connectivity index (χ3n) is 2.24. The van der Waals surface area contributed by atoms with Crippen molar-refractivity contribution in [3.8, 4) is 0 Å². The van der Waals surface area contributed by atoms with Gasteiger partial charge in [-0.1, -0.05) is 6.07 Å². The third kappa shape index (κ3) is 4.53. The van der Waals surface area contributed by atoms with E-state index in [1.165, 1.54) is 0 Å². The van der Waals surface area contributed by atoms with Crippen molar-refractivity contribution in [1.29, 1.82) is 0 Å². The molecule has 1 aromatic rings. The largest absolute Gasteiger partial charge is 0.459 e. The average molecular weight is 236 g/mol. The highest BCUT2D eigenvalue weighted by Gasteiger charge is 2.22. The number of carbonyl (C=O) groups is 1. The number of hydrogen-bond acceptors (Lipinski definition) is 4. The van der Waals surface area contributed by atoms with Crippen molar-refractivity contribution in [3.05, 3.63) is 29.6 Å². The van der Waals surface area contributed by atoms with Gasteiger partial charge in [0.1, 0.15) is 11.6 Å². The third-order valence-corrected chi connectivity index (χ3v) is 2.24. The summed E-state index contributed by atoms with van der Waals surface area (Å²) in [5.74, 6) is -0.387. The van der Waals surface area contributed by atoms with Crippen LogP contribution < -0.4 is 5.73 Å². The summed E-state index contributed by atoms with van der Waals surface area (Å²) in [6.07, 6.45) is 2.10. The molecule has 2 N–H and O–H groups in total. The molecule has 0 aliphatic heterocycles. The van der Waals surface area contributed by atoms with Crippen molar-refractivity contribution < 1.29 is 9.53 Å². The molecule has 4 heteroatoms. The number of aryl methyl sites for hydroxylation is 1. The molecule has 0 saturated carbocycles. The van der Waals surface area contributed by atoms with Crippen molar-refractivity contribution in [2.45, 2.75) is 45.8 Å². The number of nitrogens with two attached hydrogens (primary N) is 1. The highest BCUT2D eigenvalue weighted by Crippen LogP contribution is 2.11. The predicted molar refractivity (Wildman–Crippen MR) is 66.5 cm³/mol. The molecule has 94 valence electrons. The number of pyridine rings is 1. The summed E-state index contributed by atoms with van der Waals surface area (Å²) >= 11 is 0. The number of carbonyl (C=O) groups excluding carboxylic acids is 1. The van der Waals surface area contributed by atoms with Gasteiger partial charge >= 0.3 is 5.97 Å². The number of hydrogen-bond donors (Lipinski definition) is 1. The van der Waals surface area contributed by atoms with E-state index in [1.807, 2.05) is 39.8 Å². The van der Waals surface area contributed by atoms with Gasteiger partial charge in [0.15, 0.2) is 0 Å². The Kier molecular flexibility index (Phi) is 4.23. The molecule has 0 unspecified atom stereocenters. The van der Waals surface area contributed by atoms with E-state index in [0.29, 0.717) is 6.42 Å². The van der Waals surface area contributed by atoms with Crippen LogP contribution in [0.3, 0.4) is 0 Å². The lowest BCUT2D eigenvalue weighted by Gasteiger charge is -2.22. The van der Waals surface area contributed by atoms with Crippen LogP contribution in [0.5, 0.6) is 0 Å². The zero-order chi connectivity index (χ0) is 13.1. The molecule has 0 aliphatic rings. The van der Waals surface area contributed by atoms with E-state index in [1.54, 1.807) is 6.20 Å². The molecule has 1 rings (SSSR count). The highest BCUT2D eigenvalue weighted by atomic mass is 16.6. The quantitative estimate of drug-likeness (QED) is 0.810. The van der Waals surface area contributed by atoms with Crippen molar-refractivity contribution in [1.82, 2.24) is 4.98 Å². The van der Waals surface area contributed by atoms with Gasteiger partial charge in [-0.15, -0.1) is 0 Å². The standard InChI is InChI=1S/C13H20N2O2/c1-9-6-5-7-15-11(9)8-10(14)12(16)17-13(2,3)4/h5-7,10H,8,14H2,1-4H3/t10-/m0/s1. The Labute approximate surface area is 102 Å². The molecule has 17 heavy (non-hydrogen) atoms. The fourth-order valence-electron chi connectivity index (χ4n) is 1.40. The molecular formula is C13H20N2O2. The van der Waals surface area contributed by atoms with Gasteiger partial charge in [0.05, 0.1) is 0 Å². The van der Waals surface area contributed by atoms with Gasteiger partial charge < -0.3 is 10.5 Å².